The Kier molecular flexibility index (Phi) is 5.52. The summed E-state index contributed by atoms with van der Waals surface area (Å²) in [7, 11) is 0. The van der Waals surface area contributed by atoms with Crippen molar-refractivity contribution in [3.63, 3.8) is 0 Å². The van der Waals surface area contributed by atoms with E-state index in [0.29, 0.717) is 26.2 Å². The predicted molar refractivity (Wildman–Crippen MR) is 93.2 cm³/mol. The lowest BCUT2D eigenvalue weighted by Gasteiger charge is -2.35. The number of anilines is 1. The van der Waals surface area contributed by atoms with Crippen LogP contribution in [0.1, 0.15) is 29.8 Å². The van der Waals surface area contributed by atoms with Gasteiger partial charge in [0.15, 0.2) is 0 Å². The molecule has 1 N–H and O–H groups in total. The predicted octanol–water partition coefficient (Wildman–Crippen LogP) is 2.02. The number of piperazine rings is 1. The molecule has 6 heteroatoms. The molecule has 1 fully saturated rings. The minimum absolute atomic E-state index is 0. The van der Waals surface area contributed by atoms with Gasteiger partial charge in [-0.15, -0.1) is 12.4 Å². The zero-order valence-electron chi connectivity index (χ0n) is 13.7. The number of carbonyl (C=O) groups is 2. The average Bonchev–Trinajstić information content (AvgIpc) is 3.01. The number of benzene rings is 1. The molecular formula is C17H24ClN3O2. The highest BCUT2D eigenvalue weighted by atomic mass is 35.5. The molecule has 126 valence electrons. The summed E-state index contributed by atoms with van der Waals surface area (Å²) < 4.78 is 0. The summed E-state index contributed by atoms with van der Waals surface area (Å²) >= 11 is 0. The van der Waals surface area contributed by atoms with Gasteiger partial charge in [-0.25, -0.2) is 0 Å². The van der Waals surface area contributed by atoms with E-state index >= 15 is 0 Å². The number of carbonyl (C=O) groups excluding carboxylic acids is 2. The fraction of sp³-hybridized carbons (Fsp3) is 0.529. The third kappa shape index (κ3) is 3.61. The van der Waals surface area contributed by atoms with Gasteiger partial charge in [0, 0.05) is 49.9 Å². The molecule has 2 aliphatic rings. The van der Waals surface area contributed by atoms with E-state index in [9.17, 15) is 9.59 Å². The van der Waals surface area contributed by atoms with Crippen molar-refractivity contribution >= 4 is 29.9 Å². The molecule has 1 saturated heterocycles. The maximum Gasteiger partial charge on any atom is 0.253 e. The van der Waals surface area contributed by atoms with Gasteiger partial charge in [-0.05, 0) is 30.2 Å². The van der Waals surface area contributed by atoms with Gasteiger partial charge < -0.3 is 15.1 Å². The van der Waals surface area contributed by atoms with Crippen molar-refractivity contribution in [3.8, 4) is 0 Å². The van der Waals surface area contributed by atoms with E-state index < -0.39 is 0 Å². The van der Waals surface area contributed by atoms with Gasteiger partial charge in [0.25, 0.3) is 5.91 Å². The third-order valence-electron chi connectivity index (χ3n) is 4.43. The second-order valence-electron chi connectivity index (χ2n) is 6.32. The highest BCUT2D eigenvalue weighted by Gasteiger charge is 2.26. The highest BCUT2D eigenvalue weighted by molar-refractivity contribution is 5.95. The Morgan fingerprint density at radius 1 is 1.09 bits per heavy atom. The summed E-state index contributed by atoms with van der Waals surface area (Å²) in [6, 6.07) is 5.89. The van der Waals surface area contributed by atoms with Crippen LogP contribution in [0.4, 0.5) is 5.69 Å². The van der Waals surface area contributed by atoms with E-state index in [1.807, 2.05) is 41.8 Å². The summed E-state index contributed by atoms with van der Waals surface area (Å²) in [5, 5.41) is 3.31. The molecular weight excluding hydrogens is 314 g/mol. The van der Waals surface area contributed by atoms with Crippen molar-refractivity contribution in [2.24, 2.45) is 5.92 Å². The van der Waals surface area contributed by atoms with E-state index in [0.717, 1.165) is 24.2 Å². The van der Waals surface area contributed by atoms with Crippen LogP contribution < -0.4 is 5.32 Å². The largest absolute Gasteiger partial charge is 0.384 e. The first-order chi connectivity index (χ1) is 10.6. The Morgan fingerprint density at radius 2 is 1.74 bits per heavy atom. The standard InChI is InChI=1S/C17H23N3O2.ClH/c1-12(2)16(21)19-7-9-20(10-8-19)17(22)14-3-4-15-13(11-14)5-6-18-15;/h3-4,11-12,18H,5-10H2,1-2H3;1H. The first kappa shape index (κ1) is 17.6. The van der Waals surface area contributed by atoms with E-state index in [1.54, 1.807) is 0 Å². The molecule has 2 amide bonds. The maximum atomic E-state index is 12.6. The van der Waals surface area contributed by atoms with Crippen LogP contribution in [-0.4, -0.2) is 54.3 Å². The number of amides is 2. The molecule has 0 spiro atoms. The average molecular weight is 338 g/mol. The number of fused-ring (bicyclic) bond motifs is 1. The van der Waals surface area contributed by atoms with Crippen LogP contribution in [0.15, 0.2) is 18.2 Å². The summed E-state index contributed by atoms with van der Waals surface area (Å²) in [6.07, 6.45) is 0.979. The Labute approximate surface area is 143 Å². The van der Waals surface area contributed by atoms with Crippen LogP contribution in [0, 0.1) is 5.92 Å². The van der Waals surface area contributed by atoms with Crippen LogP contribution in [0.5, 0.6) is 0 Å². The molecule has 5 nitrogen and oxygen atoms in total. The van der Waals surface area contributed by atoms with E-state index in [4.69, 9.17) is 0 Å². The van der Waals surface area contributed by atoms with Gasteiger partial charge in [-0.1, -0.05) is 13.8 Å². The van der Waals surface area contributed by atoms with E-state index in [1.165, 1.54) is 5.56 Å². The molecule has 0 saturated carbocycles. The molecule has 0 radical (unpaired) electrons. The van der Waals surface area contributed by atoms with Crippen molar-refractivity contribution in [1.29, 1.82) is 0 Å². The van der Waals surface area contributed by atoms with Crippen molar-refractivity contribution in [2.45, 2.75) is 20.3 Å². The summed E-state index contributed by atoms with van der Waals surface area (Å²) in [5.74, 6) is 0.272. The van der Waals surface area contributed by atoms with Crippen LogP contribution >= 0.6 is 12.4 Å². The van der Waals surface area contributed by atoms with Crippen LogP contribution in [-0.2, 0) is 11.2 Å². The number of nitrogens with one attached hydrogen (secondary N) is 1. The molecule has 1 aromatic rings. The van der Waals surface area contributed by atoms with Crippen molar-refractivity contribution in [3.05, 3.63) is 29.3 Å². The second-order valence-corrected chi connectivity index (χ2v) is 6.32. The topological polar surface area (TPSA) is 52.7 Å². The lowest BCUT2D eigenvalue weighted by Crippen LogP contribution is -2.51. The van der Waals surface area contributed by atoms with Crippen LogP contribution in [0.25, 0.3) is 0 Å². The Balaban J connectivity index is 0.00000192. The smallest absolute Gasteiger partial charge is 0.253 e. The zero-order chi connectivity index (χ0) is 15.7. The molecule has 0 bridgehead atoms. The molecule has 2 aliphatic heterocycles. The molecule has 3 rings (SSSR count). The monoisotopic (exact) mass is 337 g/mol. The number of hydrogen-bond acceptors (Lipinski definition) is 3. The van der Waals surface area contributed by atoms with Gasteiger partial charge in [0.2, 0.25) is 5.91 Å². The summed E-state index contributed by atoms with van der Waals surface area (Å²) in [5.41, 5.74) is 3.12. The van der Waals surface area contributed by atoms with Gasteiger partial charge in [-0.3, -0.25) is 9.59 Å². The first-order valence-corrected chi connectivity index (χ1v) is 8.01. The van der Waals surface area contributed by atoms with E-state index in [-0.39, 0.29) is 30.1 Å². The van der Waals surface area contributed by atoms with Gasteiger partial charge in [0.1, 0.15) is 0 Å². The van der Waals surface area contributed by atoms with Crippen LogP contribution in [0.3, 0.4) is 0 Å². The number of rotatable bonds is 2. The minimum Gasteiger partial charge on any atom is -0.384 e. The Bertz CT molecular complexity index is 596. The quantitative estimate of drug-likeness (QED) is 0.898. The fourth-order valence-electron chi connectivity index (χ4n) is 3.12. The zero-order valence-corrected chi connectivity index (χ0v) is 14.5. The SMILES string of the molecule is CC(C)C(=O)N1CCN(C(=O)c2ccc3c(c2)CCN3)CC1.Cl. The van der Waals surface area contributed by atoms with Crippen molar-refractivity contribution in [2.75, 3.05) is 38.0 Å². The Morgan fingerprint density at radius 3 is 2.39 bits per heavy atom. The molecule has 0 unspecified atom stereocenters. The lowest BCUT2D eigenvalue weighted by atomic mass is 10.1. The van der Waals surface area contributed by atoms with Crippen molar-refractivity contribution in [1.82, 2.24) is 9.80 Å². The molecule has 0 atom stereocenters. The fourth-order valence-corrected chi connectivity index (χ4v) is 3.12. The molecule has 0 aromatic heterocycles. The molecule has 1 aromatic carbocycles. The maximum absolute atomic E-state index is 12.6. The number of halogens is 1. The Hall–Kier alpha value is -1.75. The van der Waals surface area contributed by atoms with Gasteiger partial charge >= 0.3 is 0 Å². The van der Waals surface area contributed by atoms with E-state index in [2.05, 4.69) is 5.32 Å². The minimum atomic E-state index is 0. The third-order valence-corrected chi connectivity index (χ3v) is 4.43. The second kappa shape index (κ2) is 7.21. The molecule has 0 aliphatic carbocycles. The summed E-state index contributed by atoms with van der Waals surface area (Å²) in [4.78, 5) is 28.3. The normalized spacial score (nSPS) is 16.7. The van der Waals surface area contributed by atoms with Crippen molar-refractivity contribution < 1.29 is 9.59 Å². The van der Waals surface area contributed by atoms with Gasteiger partial charge in [0.05, 0.1) is 0 Å². The first-order valence-electron chi connectivity index (χ1n) is 8.01. The number of nitrogens with zero attached hydrogens (tertiary/aromatic N) is 2. The lowest BCUT2D eigenvalue weighted by molar-refractivity contribution is -0.135. The molecule has 2 heterocycles. The highest BCUT2D eigenvalue weighted by Crippen LogP contribution is 2.24. The van der Waals surface area contributed by atoms with Gasteiger partial charge in [-0.2, -0.15) is 0 Å². The number of hydrogen-bond donors (Lipinski definition) is 1. The summed E-state index contributed by atoms with van der Waals surface area (Å²) in [6.45, 7) is 7.28. The van der Waals surface area contributed by atoms with Crippen LogP contribution in [0.2, 0.25) is 0 Å². The molecule has 23 heavy (non-hydrogen) atoms.